The second kappa shape index (κ2) is 7.74. The molecule has 0 aliphatic carbocycles. The lowest BCUT2D eigenvalue weighted by atomic mass is 10.2. The van der Waals surface area contributed by atoms with Crippen molar-refractivity contribution in [2.45, 2.75) is 12.6 Å². The fraction of sp³-hybridized carbons (Fsp3) is 0.538. The Labute approximate surface area is 117 Å². The highest BCUT2D eigenvalue weighted by Crippen LogP contribution is 2.23. The lowest BCUT2D eigenvalue weighted by Gasteiger charge is -2.23. The van der Waals surface area contributed by atoms with Crippen LogP contribution in [0.25, 0.3) is 0 Å². The van der Waals surface area contributed by atoms with Gasteiger partial charge in [-0.1, -0.05) is 22.0 Å². The molecule has 4 nitrogen and oxygen atoms in total. The van der Waals surface area contributed by atoms with Gasteiger partial charge in [-0.3, -0.25) is 0 Å². The SMILES string of the molecule is CNCc1ccc(N(C)CC(O)COC)cc1Br. The van der Waals surface area contributed by atoms with Gasteiger partial charge in [0.15, 0.2) is 0 Å². The van der Waals surface area contributed by atoms with Crippen molar-refractivity contribution >= 4 is 21.6 Å². The zero-order valence-corrected chi connectivity index (χ0v) is 12.7. The summed E-state index contributed by atoms with van der Waals surface area (Å²) in [6.45, 7) is 1.73. The van der Waals surface area contributed by atoms with Crippen LogP contribution in [-0.4, -0.2) is 45.6 Å². The molecule has 1 aromatic carbocycles. The van der Waals surface area contributed by atoms with Gasteiger partial charge in [-0.2, -0.15) is 0 Å². The molecule has 0 heterocycles. The first-order valence-electron chi connectivity index (χ1n) is 5.89. The zero-order chi connectivity index (χ0) is 13.5. The number of ether oxygens (including phenoxy) is 1. The molecule has 1 unspecified atom stereocenters. The van der Waals surface area contributed by atoms with Gasteiger partial charge >= 0.3 is 0 Å². The number of hydrogen-bond donors (Lipinski definition) is 2. The second-order valence-corrected chi connectivity index (χ2v) is 5.15. The number of anilines is 1. The van der Waals surface area contributed by atoms with E-state index in [0.717, 1.165) is 16.7 Å². The van der Waals surface area contributed by atoms with Gasteiger partial charge in [-0.15, -0.1) is 0 Å². The number of hydrogen-bond acceptors (Lipinski definition) is 4. The molecule has 0 amide bonds. The highest BCUT2D eigenvalue weighted by Gasteiger charge is 2.10. The predicted octanol–water partition coefficient (Wildman–Crippen LogP) is 1.61. The number of nitrogens with zero attached hydrogens (tertiary/aromatic N) is 1. The molecule has 0 bridgehead atoms. The fourth-order valence-corrected chi connectivity index (χ4v) is 2.28. The molecule has 0 aliphatic heterocycles. The maximum absolute atomic E-state index is 9.70. The molecular weight excluding hydrogens is 296 g/mol. The summed E-state index contributed by atoms with van der Waals surface area (Å²) in [5.74, 6) is 0. The maximum atomic E-state index is 9.70. The van der Waals surface area contributed by atoms with Gasteiger partial charge in [-0.05, 0) is 24.7 Å². The lowest BCUT2D eigenvalue weighted by Crippen LogP contribution is -2.31. The molecular formula is C13H21BrN2O2. The normalized spacial score (nSPS) is 12.5. The van der Waals surface area contributed by atoms with Gasteiger partial charge < -0.3 is 20.1 Å². The fourth-order valence-electron chi connectivity index (χ4n) is 1.77. The Morgan fingerprint density at radius 1 is 1.50 bits per heavy atom. The summed E-state index contributed by atoms with van der Waals surface area (Å²) in [6.07, 6.45) is -0.476. The number of methoxy groups -OCH3 is 1. The van der Waals surface area contributed by atoms with Gasteiger partial charge in [0.05, 0.1) is 12.7 Å². The van der Waals surface area contributed by atoms with E-state index in [1.165, 1.54) is 5.56 Å². The standard InChI is InChI=1S/C13H21BrN2O2/c1-15-7-10-4-5-11(6-13(10)14)16(2)8-12(17)9-18-3/h4-6,12,15,17H,7-9H2,1-3H3. The summed E-state index contributed by atoms with van der Waals surface area (Å²) in [4.78, 5) is 2.01. The first-order valence-corrected chi connectivity index (χ1v) is 6.69. The first-order chi connectivity index (χ1) is 8.58. The lowest BCUT2D eigenvalue weighted by molar-refractivity contribution is 0.0695. The molecule has 0 saturated carbocycles. The van der Waals surface area contributed by atoms with Crippen molar-refractivity contribution in [1.82, 2.24) is 5.32 Å². The topological polar surface area (TPSA) is 44.7 Å². The van der Waals surface area contributed by atoms with Crippen molar-refractivity contribution in [3.8, 4) is 0 Å². The largest absolute Gasteiger partial charge is 0.389 e. The van der Waals surface area contributed by atoms with Crippen molar-refractivity contribution in [2.24, 2.45) is 0 Å². The van der Waals surface area contributed by atoms with Crippen molar-refractivity contribution < 1.29 is 9.84 Å². The molecule has 102 valence electrons. The Balaban J connectivity index is 2.68. The average molecular weight is 317 g/mol. The Morgan fingerprint density at radius 2 is 2.22 bits per heavy atom. The third-order valence-electron chi connectivity index (χ3n) is 2.69. The molecule has 1 aromatic rings. The number of rotatable bonds is 7. The smallest absolute Gasteiger partial charge is 0.0947 e. The first kappa shape index (κ1) is 15.4. The quantitative estimate of drug-likeness (QED) is 0.802. The van der Waals surface area contributed by atoms with Gasteiger partial charge in [0.1, 0.15) is 0 Å². The Kier molecular flexibility index (Phi) is 6.63. The molecule has 1 atom stereocenters. The summed E-state index contributed by atoms with van der Waals surface area (Å²) in [6, 6.07) is 6.19. The summed E-state index contributed by atoms with van der Waals surface area (Å²) < 4.78 is 5.99. The monoisotopic (exact) mass is 316 g/mol. The summed E-state index contributed by atoms with van der Waals surface area (Å²) in [5, 5.41) is 12.8. The molecule has 0 radical (unpaired) electrons. The van der Waals surface area contributed by atoms with Crippen LogP contribution >= 0.6 is 15.9 Å². The van der Waals surface area contributed by atoms with E-state index in [9.17, 15) is 5.11 Å². The van der Waals surface area contributed by atoms with Crippen LogP contribution < -0.4 is 10.2 Å². The number of likely N-dealkylation sites (N-methyl/N-ethyl adjacent to an activating group) is 1. The van der Waals surface area contributed by atoms with Crippen molar-refractivity contribution in [3.63, 3.8) is 0 Å². The van der Waals surface area contributed by atoms with E-state index in [0.29, 0.717) is 13.2 Å². The van der Waals surface area contributed by atoms with Gasteiger partial charge in [0, 0.05) is 37.4 Å². The average Bonchev–Trinajstić information content (AvgIpc) is 2.32. The maximum Gasteiger partial charge on any atom is 0.0947 e. The molecule has 2 N–H and O–H groups in total. The minimum Gasteiger partial charge on any atom is -0.389 e. The minimum absolute atomic E-state index is 0.351. The van der Waals surface area contributed by atoms with E-state index in [1.807, 2.05) is 19.0 Å². The Bertz CT molecular complexity index is 374. The minimum atomic E-state index is -0.476. The number of aliphatic hydroxyl groups excluding tert-OH is 1. The molecule has 5 heteroatoms. The third kappa shape index (κ3) is 4.57. The number of benzene rings is 1. The summed E-state index contributed by atoms with van der Waals surface area (Å²) >= 11 is 3.56. The molecule has 0 aliphatic rings. The van der Waals surface area contributed by atoms with E-state index in [-0.39, 0.29) is 0 Å². The number of halogens is 1. The van der Waals surface area contributed by atoms with E-state index in [4.69, 9.17) is 4.74 Å². The molecule has 18 heavy (non-hydrogen) atoms. The van der Waals surface area contributed by atoms with Crippen LogP contribution in [0, 0.1) is 0 Å². The number of aliphatic hydroxyl groups is 1. The highest BCUT2D eigenvalue weighted by molar-refractivity contribution is 9.10. The van der Waals surface area contributed by atoms with Crippen LogP contribution in [0.1, 0.15) is 5.56 Å². The summed E-state index contributed by atoms with van der Waals surface area (Å²) in [7, 11) is 5.47. The summed E-state index contributed by atoms with van der Waals surface area (Å²) in [5.41, 5.74) is 2.28. The highest BCUT2D eigenvalue weighted by atomic mass is 79.9. The molecule has 0 spiro atoms. The van der Waals surface area contributed by atoms with Crippen LogP contribution in [0.4, 0.5) is 5.69 Å². The third-order valence-corrected chi connectivity index (χ3v) is 3.43. The Morgan fingerprint density at radius 3 is 2.78 bits per heavy atom. The molecule has 1 rings (SSSR count). The van der Waals surface area contributed by atoms with E-state index in [1.54, 1.807) is 7.11 Å². The Hall–Kier alpha value is -0.620. The van der Waals surface area contributed by atoms with Crippen molar-refractivity contribution in [1.29, 1.82) is 0 Å². The van der Waals surface area contributed by atoms with Crippen LogP contribution in [-0.2, 0) is 11.3 Å². The van der Waals surface area contributed by atoms with E-state index in [2.05, 4.69) is 39.4 Å². The van der Waals surface area contributed by atoms with Crippen LogP contribution in [0.5, 0.6) is 0 Å². The second-order valence-electron chi connectivity index (χ2n) is 4.30. The molecule has 0 saturated heterocycles. The molecule has 0 fully saturated rings. The van der Waals surface area contributed by atoms with E-state index < -0.39 is 6.10 Å². The van der Waals surface area contributed by atoms with Crippen LogP contribution in [0.15, 0.2) is 22.7 Å². The van der Waals surface area contributed by atoms with Crippen molar-refractivity contribution in [2.75, 3.05) is 39.3 Å². The van der Waals surface area contributed by atoms with Crippen LogP contribution in [0.2, 0.25) is 0 Å². The van der Waals surface area contributed by atoms with Crippen LogP contribution in [0.3, 0.4) is 0 Å². The van der Waals surface area contributed by atoms with E-state index >= 15 is 0 Å². The zero-order valence-electron chi connectivity index (χ0n) is 11.1. The van der Waals surface area contributed by atoms with Gasteiger partial charge in [0.2, 0.25) is 0 Å². The van der Waals surface area contributed by atoms with Gasteiger partial charge in [0.25, 0.3) is 0 Å². The van der Waals surface area contributed by atoms with Gasteiger partial charge in [-0.25, -0.2) is 0 Å². The predicted molar refractivity (Wildman–Crippen MR) is 78.1 cm³/mol. The molecule has 0 aromatic heterocycles. The number of nitrogens with one attached hydrogen (secondary N) is 1. The van der Waals surface area contributed by atoms with Crippen molar-refractivity contribution in [3.05, 3.63) is 28.2 Å².